The fraction of sp³-hybridized carbons (Fsp3) is 0.200. The number of halogens is 1. The van der Waals surface area contributed by atoms with Gasteiger partial charge in [0.15, 0.2) is 5.82 Å². The van der Waals surface area contributed by atoms with Crippen LogP contribution in [0.2, 0.25) is 5.02 Å². The number of ether oxygens (including phenoxy) is 1. The van der Waals surface area contributed by atoms with Crippen LogP contribution in [0.15, 0.2) is 48.8 Å². The van der Waals surface area contributed by atoms with Crippen molar-refractivity contribution in [3.63, 3.8) is 0 Å². The Labute approximate surface area is 161 Å². The van der Waals surface area contributed by atoms with E-state index in [9.17, 15) is 4.79 Å². The van der Waals surface area contributed by atoms with Crippen LogP contribution >= 0.6 is 11.6 Å². The molecule has 2 aromatic heterocycles. The minimum absolute atomic E-state index is 0.0704. The molecule has 1 amide bonds. The topological polar surface area (TPSA) is 68.2 Å². The number of carbonyl (C=O) groups is 1. The van der Waals surface area contributed by atoms with Gasteiger partial charge < -0.3 is 9.64 Å². The Balaban J connectivity index is 1.55. The van der Waals surface area contributed by atoms with E-state index in [4.69, 9.17) is 16.3 Å². The average molecular weight is 381 g/mol. The molecule has 1 aromatic carbocycles. The van der Waals surface area contributed by atoms with Gasteiger partial charge in [0, 0.05) is 43.0 Å². The van der Waals surface area contributed by atoms with Gasteiger partial charge in [-0.3, -0.25) is 9.78 Å². The van der Waals surface area contributed by atoms with Crippen LogP contribution in [0.1, 0.15) is 21.6 Å². The maximum Gasteiger partial charge on any atom is 0.254 e. The van der Waals surface area contributed by atoms with E-state index < -0.39 is 0 Å². The Bertz CT molecular complexity index is 995. The lowest BCUT2D eigenvalue weighted by atomic mass is 10.1. The van der Waals surface area contributed by atoms with Gasteiger partial charge in [-0.2, -0.15) is 0 Å². The SMILES string of the molecule is COc1ccc(C(=O)N2CCc3nc(-c4ccccn4)ncc3C2)cc1Cl. The van der Waals surface area contributed by atoms with E-state index >= 15 is 0 Å². The smallest absolute Gasteiger partial charge is 0.254 e. The molecule has 1 aliphatic rings. The zero-order valence-electron chi connectivity index (χ0n) is 14.7. The van der Waals surface area contributed by atoms with Crippen LogP contribution in [0.4, 0.5) is 0 Å². The summed E-state index contributed by atoms with van der Waals surface area (Å²) in [5.74, 6) is 1.09. The molecule has 3 heterocycles. The standard InChI is InChI=1S/C20H17ClN4O2/c1-27-18-6-5-13(10-15(18)21)20(26)25-9-7-16-14(12-25)11-23-19(24-16)17-4-2-3-8-22-17/h2-6,8,10-11H,7,9,12H2,1H3. The fourth-order valence-corrected chi connectivity index (χ4v) is 3.35. The largest absolute Gasteiger partial charge is 0.495 e. The van der Waals surface area contributed by atoms with Gasteiger partial charge in [-0.15, -0.1) is 0 Å². The van der Waals surface area contributed by atoms with Crippen LogP contribution in [0.3, 0.4) is 0 Å². The summed E-state index contributed by atoms with van der Waals surface area (Å²) in [7, 11) is 1.55. The lowest BCUT2D eigenvalue weighted by molar-refractivity contribution is 0.0733. The van der Waals surface area contributed by atoms with Crippen molar-refractivity contribution >= 4 is 17.5 Å². The summed E-state index contributed by atoms with van der Waals surface area (Å²) < 4.78 is 5.14. The van der Waals surface area contributed by atoms with Crippen LogP contribution in [-0.2, 0) is 13.0 Å². The number of amides is 1. The van der Waals surface area contributed by atoms with Crippen molar-refractivity contribution in [1.82, 2.24) is 19.9 Å². The molecule has 0 fully saturated rings. The molecule has 7 heteroatoms. The predicted molar refractivity (Wildman–Crippen MR) is 102 cm³/mol. The minimum atomic E-state index is -0.0704. The third-order valence-electron chi connectivity index (χ3n) is 4.51. The van der Waals surface area contributed by atoms with Gasteiger partial charge in [0.05, 0.1) is 17.8 Å². The molecule has 27 heavy (non-hydrogen) atoms. The number of pyridine rings is 1. The zero-order chi connectivity index (χ0) is 18.8. The minimum Gasteiger partial charge on any atom is -0.495 e. The molecule has 0 bridgehead atoms. The van der Waals surface area contributed by atoms with Gasteiger partial charge in [0.1, 0.15) is 11.4 Å². The lowest BCUT2D eigenvalue weighted by Crippen LogP contribution is -2.36. The van der Waals surface area contributed by atoms with E-state index in [1.165, 1.54) is 0 Å². The second kappa shape index (κ2) is 7.32. The molecule has 0 saturated heterocycles. The zero-order valence-corrected chi connectivity index (χ0v) is 15.5. The van der Waals surface area contributed by atoms with Crippen molar-refractivity contribution in [1.29, 1.82) is 0 Å². The molecular formula is C20H17ClN4O2. The molecule has 4 rings (SSSR count). The number of methoxy groups -OCH3 is 1. The number of hydrogen-bond acceptors (Lipinski definition) is 5. The molecule has 0 atom stereocenters. The molecule has 0 spiro atoms. The molecule has 1 aliphatic heterocycles. The summed E-state index contributed by atoms with van der Waals surface area (Å²) in [6.07, 6.45) is 4.18. The summed E-state index contributed by atoms with van der Waals surface area (Å²) >= 11 is 6.15. The van der Waals surface area contributed by atoms with Crippen LogP contribution < -0.4 is 4.74 Å². The first-order chi connectivity index (χ1) is 13.2. The normalized spacial score (nSPS) is 13.2. The van der Waals surface area contributed by atoms with Crippen molar-refractivity contribution in [2.45, 2.75) is 13.0 Å². The lowest BCUT2D eigenvalue weighted by Gasteiger charge is -2.28. The van der Waals surface area contributed by atoms with Crippen LogP contribution in [-0.4, -0.2) is 39.4 Å². The van der Waals surface area contributed by atoms with Crippen molar-refractivity contribution in [2.75, 3.05) is 13.7 Å². The first kappa shape index (κ1) is 17.4. The van der Waals surface area contributed by atoms with Gasteiger partial charge in [-0.1, -0.05) is 17.7 Å². The Morgan fingerprint density at radius 2 is 2.11 bits per heavy atom. The number of carbonyl (C=O) groups excluding carboxylic acids is 1. The quantitative estimate of drug-likeness (QED) is 0.696. The van der Waals surface area contributed by atoms with Crippen molar-refractivity contribution in [3.8, 4) is 17.3 Å². The van der Waals surface area contributed by atoms with E-state index in [0.29, 0.717) is 41.7 Å². The summed E-state index contributed by atoms with van der Waals surface area (Å²) in [6.45, 7) is 1.06. The monoisotopic (exact) mass is 380 g/mol. The molecule has 0 saturated carbocycles. The fourth-order valence-electron chi connectivity index (χ4n) is 3.09. The number of fused-ring (bicyclic) bond motifs is 1. The number of benzene rings is 1. The van der Waals surface area contributed by atoms with Crippen molar-refractivity contribution in [2.24, 2.45) is 0 Å². The highest BCUT2D eigenvalue weighted by atomic mass is 35.5. The number of hydrogen-bond donors (Lipinski definition) is 0. The second-order valence-corrected chi connectivity index (χ2v) is 6.61. The Hall–Kier alpha value is -2.99. The highest BCUT2D eigenvalue weighted by Gasteiger charge is 2.24. The molecular weight excluding hydrogens is 364 g/mol. The Kier molecular flexibility index (Phi) is 4.73. The molecule has 6 nitrogen and oxygen atoms in total. The van der Waals surface area contributed by atoms with Gasteiger partial charge in [-0.05, 0) is 30.3 Å². The van der Waals surface area contributed by atoms with E-state index in [0.717, 1.165) is 17.0 Å². The third-order valence-corrected chi connectivity index (χ3v) is 4.81. The maximum absolute atomic E-state index is 12.8. The molecule has 0 N–H and O–H groups in total. The van der Waals surface area contributed by atoms with E-state index in [1.807, 2.05) is 18.2 Å². The third kappa shape index (κ3) is 3.48. The molecule has 0 unspecified atom stereocenters. The summed E-state index contributed by atoms with van der Waals surface area (Å²) in [4.78, 5) is 28.0. The molecule has 3 aromatic rings. The van der Waals surface area contributed by atoms with E-state index in [2.05, 4.69) is 15.0 Å². The second-order valence-electron chi connectivity index (χ2n) is 6.21. The highest BCUT2D eigenvalue weighted by Crippen LogP contribution is 2.27. The first-order valence-electron chi connectivity index (χ1n) is 8.54. The van der Waals surface area contributed by atoms with Crippen molar-refractivity contribution < 1.29 is 9.53 Å². The Morgan fingerprint density at radius 3 is 2.85 bits per heavy atom. The molecule has 136 valence electrons. The van der Waals surface area contributed by atoms with Gasteiger partial charge >= 0.3 is 0 Å². The first-order valence-corrected chi connectivity index (χ1v) is 8.92. The van der Waals surface area contributed by atoms with Gasteiger partial charge in [0.2, 0.25) is 0 Å². The van der Waals surface area contributed by atoms with E-state index in [-0.39, 0.29) is 5.91 Å². The van der Waals surface area contributed by atoms with Crippen LogP contribution in [0.25, 0.3) is 11.5 Å². The summed E-state index contributed by atoms with van der Waals surface area (Å²) in [6, 6.07) is 10.7. The summed E-state index contributed by atoms with van der Waals surface area (Å²) in [5.41, 5.74) is 3.19. The van der Waals surface area contributed by atoms with Crippen LogP contribution in [0, 0.1) is 0 Å². The molecule has 0 aliphatic carbocycles. The molecule has 0 radical (unpaired) electrons. The van der Waals surface area contributed by atoms with Crippen molar-refractivity contribution in [3.05, 3.63) is 70.6 Å². The predicted octanol–water partition coefficient (Wildman–Crippen LogP) is 3.40. The maximum atomic E-state index is 12.8. The number of rotatable bonds is 3. The van der Waals surface area contributed by atoms with E-state index in [1.54, 1.807) is 42.6 Å². The number of nitrogens with zero attached hydrogens (tertiary/aromatic N) is 4. The van der Waals surface area contributed by atoms with Gasteiger partial charge in [0.25, 0.3) is 5.91 Å². The highest BCUT2D eigenvalue weighted by molar-refractivity contribution is 6.32. The Morgan fingerprint density at radius 1 is 1.22 bits per heavy atom. The number of aromatic nitrogens is 3. The summed E-state index contributed by atoms with van der Waals surface area (Å²) in [5, 5.41) is 0.420. The van der Waals surface area contributed by atoms with Crippen LogP contribution in [0.5, 0.6) is 5.75 Å². The van der Waals surface area contributed by atoms with Gasteiger partial charge in [-0.25, -0.2) is 9.97 Å². The average Bonchev–Trinajstić information content (AvgIpc) is 2.73.